The first-order chi connectivity index (χ1) is 9.69. The molecule has 0 spiro atoms. The van der Waals surface area contributed by atoms with Crippen molar-refractivity contribution < 1.29 is 9.29 Å². The summed E-state index contributed by atoms with van der Waals surface area (Å²) in [5.41, 5.74) is 2.92. The molecule has 0 heterocycles. The van der Waals surface area contributed by atoms with Crippen LogP contribution in [0.5, 0.6) is 5.75 Å². The van der Waals surface area contributed by atoms with Crippen LogP contribution in [0.3, 0.4) is 0 Å². The van der Waals surface area contributed by atoms with E-state index in [1.807, 2.05) is 49.4 Å². The van der Waals surface area contributed by atoms with Gasteiger partial charge in [-0.15, -0.1) is 0 Å². The van der Waals surface area contributed by atoms with Gasteiger partial charge in [-0.3, -0.25) is 0 Å². The highest BCUT2D eigenvalue weighted by atomic mass is 32.2. The summed E-state index contributed by atoms with van der Waals surface area (Å²) < 4.78 is 14.6. The lowest BCUT2D eigenvalue weighted by Gasteiger charge is -2.08. The van der Waals surface area contributed by atoms with Crippen molar-refractivity contribution in [3.05, 3.63) is 64.0 Å². The Balaban J connectivity index is 2.44. The van der Waals surface area contributed by atoms with E-state index >= 15 is 0 Å². The standard InChI is InChI=1S/C16H15NO2S/c1-11-4-9-14(15(10-11)20-18)16(17-2)12-5-7-13(19-3)8-6-12/h2,4-10,16H,1,3H3/p+1/t16-/m1/s1. The topological polar surface area (TPSA) is 33.8 Å². The molecule has 0 aliphatic carbocycles. The molecule has 102 valence electrons. The summed E-state index contributed by atoms with van der Waals surface area (Å²) >= 11 is 0.715. The van der Waals surface area contributed by atoms with Crippen LogP contribution in [0, 0.1) is 13.5 Å². The third-order valence-electron chi connectivity index (χ3n) is 3.14. The molecule has 0 fully saturated rings. The molecule has 4 heteroatoms. The third-order valence-corrected chi connectivity index (χ3v) is 3.69. The quantitative estimate of drug-likeness (QED) is 0.833. The van der Waals surface area contributed by atoms with Crippen LogP contribution in [0.4, 0.5) is 0 Å². The average molecular weight is 286 g/mol. The zero-order valence-electron chi connectivity index (χ0n) is 11.4. The second kappa shape index (κ2) is 6.47. The number of aryl methyl sites for hydroxylation is 1. The van der Waals surface area contributed by atoms with E-state index in [4.69, 9.17) is 11.3 Å². The van der Waals surface area contributed by atoms with Crippen molar-refractivity contribution in [2.75, 3.05) is 7.11 Å². The Bertz CT molecular complexity index is 632. The van der Waals surface area contributed by atoms with E-state index in [0.717, 1.165) is 27.3 Å². The van der Waals surface area contributed by atoms with Crippen molar-refractivity contribution in [3.63, 3.8) is 0 Å². The zero-order valence-corrected chi connectivity index (χ0v) is 12.2. The van der Waals surface area contributed by atoms with Crippen molar-refractivity contribution in [2.45, 2.75) is 17.9 Å². The van der Waals surface area contributed by atoms with Gasteiger partial charge in [-0.25, -0.2) is 0 Å². The van der Waals surface area contributed by atoms with Crippen molar-refractivity contribution in [3.8, 4) is 12.3 Å². The lowest BCUT2D eigenvalue weighted by Crippen LogP contribution is -1.99. The summed E-state index contributed by atoms with van der Waals surface area (Å²) in [5.74, 6) is 0.783. The predicted molar refractivity (Wildman–Crippen MR) is 82.8 cm³/mol. The minimum Gasteiger partial charge on any atom is -0.497 e. The highest BCUT2D eigenvalue weighted by Crippen LogP contribution is 2.34. The molecule has 1 atom stereocenters. The number of hydrogen-bond acceptors (Lipinski definition) is 3. The molecule has 2 aromatic rings. The summed E-state index contributed by atoms with van der Waals surface area (Å²) in [4.78, 5) is 4.72. The Hall–Kier alpha value is -1.96. The van der Waals surface area contributed by atoms with Gasteiger partial charge in [0.05, 0.1) is 12.7 Å². The Morgan fingerprint density at radius 2 is 1.90 bits per heavy atom. The van der Waals surface area contributed by atoms with Crippen molar-refractivity contribution >= 4 is 12.0 Å². The van der Waals surface area contributed by atoms with Gasteiger partial charge >= 0.3 is 6.04 Å². The normalized spacial score (nSPS) is 11.7. The monoisotopic (exact) mass is 286 g/mol. The van der Waals surface area contributed by atoms with E-state index in [1.54, 1.807) is 7.11 Å². The Labute approximate surface area is 123 Å². The molecule has 0 saturated carbocycles. The Morgan fingerprint density at radius 3 is 2.45 bits per heavy atom. The molecule has 0 bridgehead atoms. The van der Waals surface area contributed by atoms with E-state index in [0.29, 0.717) is 12.0 Å². The number of rotatable bonds is 4. The molecule has 2 rings (SSSR count). The van der Waals surface area contributed by atoms with Crippen LogP contribution >= 0.6 is 12.0 Å². The van der Waals surface area contributed by atoms with E-state index in [1.165, 1.54) is 0 Å². The average Bonchev–Trinajstić information content (AvgIpc) is 2.50. The Morgan fingerprint density at radius 1 is 1.20 bits per heavy atom. The molecule has 0 unspecified atom stereocenters. The molecule has 3 nitrogen and oxygen atoms in total. The maximum atomic E-state index is 9.43. The van der Waals surface area contributed by atoms with E-state index in [2.05, 4.69) is 4.85 Å². The van der Waals surface area contributed by atoms with Crippen LogP contribution in [0.2, 0.25) is 0 Å². The molecule has 1 N–H and O–H groups in total. The van der Waals surface area contributed by atoms with Gasteiger partial charge in [-0.1, -0.05) is 10.9 Å². The van der Waals surface area contributed by atoms with Gasteiger partial charge in [-0.05, 0) is 48.9 Å². The minimum atomic E-state index is -0.309. The van der Waals surface area contributed by atoms with Crippen LogP contribution < -0.4 is 4.74 Å². The van der Waals surface area contributed by atoms with Crippen LogP contribution in [-0.2, 0) is 0 Å². The molecule has 2 aromatic carbocycles. The number of nitrogens with zero attached hydrogens (tertiary/aromatic N) is 1. The van der Waals surface area contributed by atoms with Crippen LogP contribution in [-0.4, -0.2) is 11.7 Å². The molecule has 0 amide bonds. The van der Waals surface area contributed by atoms with Crippen LogP contribution in [0.1, 0.15) is 22.7 Å². The van der Waals surface area contributed by atoms with Crippen molar-refractivity contribution in [1.82, 2.24) is 0 Å². The van der Waals surface area contributed by atoms with Crippen LogP contribution in [0.25, 0.3) is 4.85 Å². The highest BCUT2D eigenvalue weighted by molar-refractivity contribution is 7.93. The van der Waals surface area contributed by atoms with E-state index < -0.39 is 0 Å². The molecule has 20 heavy (non-hydrogen) atoms. The first kappa shape index (κ1) is 14.4. The van der Waals surface area contributed by atoms with Gasteiger partial charge in [0.25, 0.3) is 6.57 Å². The lowest BCUT2D eigenvalue weighted by molar-refractivity contribution is 0.414. The molecular formula is C16H16NO2S+. The molecule has 0 aliphatic heterocycles. The second-order valence-corrected chi connectivity index (χ2v) is 5.08. The predicted octanol–water partition coefficient (Wildman–Crippen LogP) is 4.62. The first-order valence-electron chi connectivity index (χ1n) is 6.15. The maximum absolute atomic E-state index is 9.43. The fraction of sp³-hybridized carbons (Fsp3) is 0.188. The SMILES string of the molecule is C#[N+][C@H](c1ccc(OC)cc1)c1ccc(C)cc1SO. The van der Waals surface area contributed by atoms with Gasteiger partial charge in [0.15, 0.2) is 0 Å². The minimum absolute atomic E-state index is 0.309. The van der Waals surface area contributed by atoms with Crippen molar-refractivity contribution in [1.29, 1.82) is 0 Å². The lowest BCUT2D eigenvalue weighted by atomic mass is 9.98. The van der Waals surface area contributed by atoms with Gasteiger partial charge < -0.3 is 9.29 Å². The first-order valence-corrected chi connectivity index (χ1v) is 6.93. The van der Waals surface area contributed by atoms with Gasteiger partial charge in [0.1, 0.15) is 5.75 Å². The van der Waals surface area contributed by atoms with Gasteiger partial charge in [0.2, 0.25) is 0 Å². The Kier molecular flexibility index (Phi) is 4.67. The number of hydrogen-bond donors (Lipinski definition) is 1. The summed E-state index contributed by atoms with van der Waals surface area (Å²) in [7, 11) is 1.63. The largest absolute Gasteiger partial charge is 0.497 e. The molecule has 0 aromatic heterocycles. The van der Waals surface area contributed by atoms with Gasteiger partial charge in [-0.2, -0.15) is 0 Å². The third kappa shape index (κ3) is 2.96. The summed E-state index contributed by atoms with van der Waals surface area (Å²) in [6.45, 7) is 7.55. The highest BCUT2D eigenvalue weighted by Gasteiger charge is 2.25. The van der Waals surface area contributed by atoms with Gasteiger partial charge in [0, 0.05) is 22.5 Å². The summed E-state index contributed by atoms with van der Waals surface area (Å²) in [5, 5.41) is 0. The smallest absolute Gasteiger partial charge is 0.323 e. The number of ether oxygens (including phenoxy) is 1. The van der Waals surface area contributed by atoms with Crippen molar-refractivity contribution in [2.24, 2.45) is 0 Å². The van der Waals surface area contributed by atoms with E-state index in [9.17, 15) is 4.55 Å². The van der Waals surface area contributed by atoms with E-state index in [-0.39, 0.29) is 6.04 Å². The molecule has 0 radical (unpaired) electrons. The zero-order chi connectivity index (χ0) is 14.5. The summed E-state index contributed by atoms with van der Waals surface area (Å²) in [6.07, 6.45) is 0. The molecule has 0 saturated heterocycles. The summed E-state index contributed by atoms with van der Waals surface area (Å²) in [6, 6.07) is 13.1. The number of benzene rings is 2. The second-order valence-electron chi connectivity index (χ2n) is 4.46. The maximum Gasteiger partial charge on any atom is 0.323 e. The molecule has 0 aliphatic rings. The fourth-order valence-corrected chi connectivity index (χ4v) is 2.60. The number of methoxy groups -OCH3 is 1. The molecular weight excluding hydrogens is 270 g/mol. The van der Waals surface area contributed by atoms with Crippen LogP contribution in [0.15, 0.2) is 47.4 Å². The fourth-order valence-electron chi connectivity index (χ4n) is 2.08.